The van der Waals surface area contributed by atoms with Gasteiger partial charge in [-0.15, -0.1) is 0 Å². The summed E-state index contributed by atoms with van der Waals surface area (Å²) in [4.78, 5) is 2.36. The van der Waals surface area contributed by atoms with Crippen molar-refractivity contribution in [2.24, 2.45) is 5.11 Å². The molecule has 0 fully saturated rings. The van der Waals surface area contributed by atoms with Gasteiger partial charge < -0.3 is 9.47 Å². The molecule has 0 N–H and O–H groups in total. The van der Waals surface area contributed by atoms with E-state index in [1.807, 2.05) is 0 Å². The molecule has 0 saturated carbocycles. The topological polar surface area (TPSA) is 67.2 Å². The van der Waals surface area contributed by atoms with Gasteiger partial charge in [-0.1, -0.05) is 11.2 Å². The molecule has 1 aromatic rings. The van der Waals surface area contributed by atoms with Crippen molar-refractivity contribution in [1.29, 1.82) is 0 Å². The summed E-state index contributed by atoms with van der Waals surface area (Å²) in [5, 5.41) is 3.03. The molecule has 17 heavy (non-hydrogen) atoms. The minimum absolute atomic E-state index is 0.361. The molecule has 5 nitrogen and oxygen atoms in total. The minimum atomic E-state index is -4.83. The first-order chi connectivity index (χ1) is 7.87. The van der Waals surface area contributed by atoms with Gasteiger partial charge in [0.1, 0.15) is 0 Å². The molecule has 0 saturated heterocycles. The van der Waals surface area contributed by atoms with Crippen molar-refractivity contribution in [3.8, 4) is 11.5 Å². The third-order valence-corrected chi connectivity index (χ3v) is 1.92. The molecule has 1 aliphatic rings. The molecule has 1 aromatic carbocycles. The van der Waals surface area contributed by atoms with Crippen LogP contribution in [0.15, 0.2) is 23.3 Å². The van der Waals surface area contributed by atoms with Crippen LogP contribution in [0.3, 0.4) is 0 Å². The highest BCUT2D eigenvalue weighted by molar-refractivity contribution is 5.60. The molecule has 1 heterocycles. The van der Waals surface area contributed by atoms with Crippen LogP contribution in [0.2, 0.25) is 0 Å². The third kappa shape index (κ3) is 1.70. The van der Waals surface area contributed by atoms with Gasteiger partial charge in [-0.3, -0.25) is 0 Å². The average Bonchev–Trinajstić information content (AvgIpc) is 2.21. The van der Waals surface area contributed by atoms with Crippen LogP contribution in [0.4, 0.5) is 23.2 Å². The monoisotopic (exact) mass is 249 g/mol. The van der Waals surface area contributed by atoms with Gasteiger partial charge in [0, 0.05) is 4.91 Å². The summed E-state index contributed by atoms with van der Waals surface area (Å²) in [6.45, 7) is 0. The zero-order valence-corrected chi connectivity index (χ0v) is 7.90. The van der Waals surface area contributed by atoms with Crippen LogP contribution in [0.1, 0.15) is 0 Å². The second kappa shape index (κ2) is 3.42. The molecular weight excluding hydrogens is 246 g/mol. The summed E-state index contributed by atoms with van der Waals surface area (Å²) in [5.74, 6) is -1.34. The summed E-state index contributed by atoms with van der Waals surface area (Å²) in [5.41, 5.74) is 7.82. The molecule has 1 aliphatic heterocycles. The minimum Gasteiger partial charge on any atom is -0.421 e. The van der Waals surface area contributed by atoms with Crippen LogP contribution in [0, 0.1) is 0 Å². The predicted octanol–water partition coefficient (Wildman–Crippen LogP) is 3.59. The number of hydrogen-bond donors (Lipinski definition) is 0. The first kappa shape index (κ1) is 11.3. The van der Waals surface area contributed by atoms with Gasteiger partial charge in [0.15, 0.2) is 11.5 Å². The summed E-state index contributed by atoms with van der Waals surface area (Å²) in [6.07, 6.45) is -9.62. The van der Waals surface area contributed by atoms with E-state index in [4.69, 9.17) is 5.53 Å². The van der Waals surface area contributed by atoms with E-state index in [1.165, 1.54) is 6.07 Å². The predicted molar refractivity (Wildman–Crippen MR) is 46.4 cm³/mol. The van der Waals surface area contributed by atoms with Crippen LogP contribution in [0.25, 0.3) is 10.4 Å². The maximum atomic E-state index is 12.8. The lowest BCUT2D eigenvalue weighted by Gasteiger charge is -2.32. The Morgan fingerprint density at radius 3 is 2.41 bits per heavy atom. The fourth-order valence-corrected chi connectivity index (χ4v) is 1.20. The molecule has 0 bridgehead atoms. The number of para-hydroxylation sites is 1. The second-order valence-electron chi connectivity index (χ2n) is 3.03. The normalized spacial score (nSPS) is 19.3. The highest BCUT2D eigenvalue weighted by Gasteiger charge is 2.66. The van der Waals surface area contributed by atoms with Gasteiger partial charge in [0.05, 0.1) is 5.69 Å². The van der Waals surface area contributed by atoms with Crippen molar-refractivity contribution < 1.29 is 27.0 Å². The molecule has 0 aromatic heterocycles. The molecule has 90 valence electrons. The van der Waals surface area contributed by atoms with E-state index in [0.29, 0.717) is 0 Å². The highest BCUT2D eigenvalue weighted by atomic mass is 19.3. The van der Waals surface area contributed by atoms with Crippen molar-refractivity contribution in [1.82, 2.24) is 0 Å². The first-order valence-corrected chi connectivity index (χ1v) is 4.19. The van der Waals surface area contributed by atoms with Crippen LogP contribution in [-0.4, -0.2) is 12.2 Å². The van der Waals surface area contributed by atoms with Gasteiger partial charge in [0.2, 0.25) is 0 Å². The lowest BCUT2D eigenvalue weighted by atomic mass is 10.2. The molecule has 9 heteroatoms. The summed E-state index contributed by atoms with van der Waals surface area (Å²) < 4.78 is 58.9. The number of azide groups is 1. The molecule has 0 aliphatic carbocycles. The van der Waals surface area contributed by atoms with Gasteiger partial charge in [-0.05, 0) is 17.7 Å². The van der Waals surface area contributed by atoms with E-state index in [-0.39, 0.29) is 5.69 Å². The number of fused-ring (bicyclic) bond motifs is 1. The Kier molecular flexibility index (Phi) is 2.28. The van der Waals surface area contributed by atoms with E-state index >= 15 is 0 Å². The number of hydrogen-bond acceptors (Lipinski definition) is 3. The van der Waals surface area contributed by atoms with Gasteiger partial charge in [0.25, 0.3) is 0 Å². The van der Waals surface area contributed by atoms with E-state index in [1.54, 1.807) is 0 Å². The number of alkyl halides is 4. The highest BCUT2D eigenvalue weighted by Crippen LogP contribution is 2.50. The van der Waals surface area contributed by atoms with E-state index < -0.39 is 23.7 Å². The summed E-state index contributed by atoms with van der Waals surface area (Å²) in [6, 6.07) is 3.32. The Morgan fingerprint density at radius 1 is 1.12 bits per heavy atom. The van der Waals surface area contributed by atoms with Crippen molar-refractivity contribution in [2.75, 3.05) is 0 Å². The standard InChI is InChI=1S/C8H3F4N3O2/c9-7(10)8(11,12)17-6-4(14-15-13)2-1-3-5(6)16-7/h1-3H. The van der Waals surface area contributed by atoms with Gasteiger partial charge >= 0.3 is 12.2 Å². The van der Waals surface area contributed by atoms with Crippen molar-refractivity contribution in [3.05, 3.63) is 28.6 Å². The zero-order valence-electron chi connectivity index (χ0n) is 7.90. The molecule has 0 amide bonds. The fraction of sp³-hybridized carbons (Fsp3) is 0.250. The third-order valence-electron chi connectivity index (χ3n) is 1.92. The average molecular weight is 249 g/mol. The zero-order chi connectivity index (χ0) is 12.7. The Hall–Kier alpha value is -2.15. The first-order valence-electron chi connectivity index (χ1n) is 4.19. The number of rotatable bonds is 1. The van der Waals surface area contributed by atoms with Crippen molar-refractivity contribution in [2.45, 2.75) is 12.2 Å². The van der Waals surface area contributed by atoms with Crippen LogP contribution in [-0.2, 0) is 0 Å². The van der Waals surface area contributed by atoms with Crippen LogP contribution in [0.5, 0.6) is 11.5 Å². The summed E-state index contributed by atoms with van der Waals surface area (Å²) in [7, 11) is 0. The number of halogens is 4. The largest absolute Gasteiger partial charge is 0.507 e. The Morgan fingerprint density at radius 2 is 1.76 bits per heavy atom. The fourth-order valence-electron chi connectivity index (χ4n) is 1.20. The Balaban J connectivity index is 2.56. The lowest BCUT2D eigenvalue weighted by molar-refractivity contribution is -0.391. The number of nitrogens with zero attached hydrogens (tertiary/aromatic N) is 3. The Bertz CT molecular complexity index is 513. The van der Waals surface area contributed by atoms with Crippen LogP contribution < -0.4 is 9.47 Å². The molecule has 0 spiro atoms. The van der Waals surface area contributed by atoms with E-state index in [2.05, 4.69) is 19.5 Å². The molecule has 0 atom stereocenters. The van der Waals surface area contributed by atoms with Crippen LogP contribution >= 0.6 is 0 Å². The molecule has 0 unspecified atom stereocenters. The quantitative estimate of drug-likeness (QED) is 0.330. The number of benzene rings is 1. The Labute approximate surface area is 91.2 Å². The lowest BCUT2D eigenvalue weighted by Crippen LogP contribution is -2.52. The van der Waals surface area contributed by atoms with Gasteiger partial charge in [-0.25, -0.2) is 0 Å². The van der Waals surface area contributed by atoms with Crippen molar-refractivity contribution in [3.63, 3.8) is 0 Å². The molecular formula is C8H3F4N3O2. The smallest absolute Gasteiger partial charge is 0.421 e. The summed E-state index contributed by atoms with van der Waals surface area (Å²) >= 11 is 0. The second-order valence-corrected chi connectivity index (χ2v) is 3.03. The maximum Gasteiger partial charge on any atom is 0.507 e. The maximum absolute atomic E-state index is 12.8. The van der Waals surface area contributed by atoms with E-state index in [0.717, 1.165) is 12.1 Å². The number of ether oxygens (including phenoxy) is 2. The SMILES string of the molecule is [N-]=[N+]=Nc1cccc2c1OC(F)(F)C(F)(F)O2. The molecule has 2 rings (SSSR count). The van der Waals surface area contributed by atoms with Crippen molar-refractivity contribution >= 4 is 5.69 Å². The van der Waals surface area contributed by atoms with E-state index in [9.17, 15) is 17.6 Å². The molecule has 0 radical (unpaired) electrons. The van der Waals surface area contributed by atoms with Gasteiger partial charge in [-0.2, -0.15) is 17.6 Å².